The second-order valence-corrected chi connectivity index (χ2v) is 5.54. The van der Waals surface area contributed by atoms with Crippen molar-refractivity contribution >= 4 is 15.9 Å². The van der Waals surface area contributed by atoms with Gasteiger partial charge in [-0.15, -0.1) is 0 Å². The fourth-order valence-electron chi connectivity index (χ4n) is 2.31. The second-order valence-electron chi connectivity index (χ2n) is 4.62. The van der Waals surface area contributed by atoms with Gasteiger partial charge in [0, 0.05) is 16.5 Å². The molecule has 0 saturated carbocycles. The summed E-state index contributed by atoms with van der Waals surface area (Å²) in [5, 5.41) is 9.58. The lowest BCUT2D eigenvalue weighted by molar-refractivity contribution is -0.0379. The van der Waals surface area contributed by atoms with Crippen molar-refractivity contribution in [3.8, 4) is 0 Å². The maximum absolute atomic E-state index is 9.58. The van der Waals surface area contributed by atoms with Crippen LogP contribution in [0, 0.1) is 5.41 Å². The van der Waals surface area contributed by atoms with Crippen molar-refractivity contribution in [1.82, 2.24) is 0 Å². The molecule has 1 aromatic carbocycles. The molecule has 0 radical (unpaired) electrons. The molecular weight excluding hydrogens is 268 g/mol. The smallest absolute Gasteiger partial charge is 0.0547 e. The van der Waals surface area contributed by atoms with E-state index in [0.717, 1.165) is 30.3 Å². The topological polar surface area (TPSA) is 29.5 Å². The predicted molar refractivity (Wildman–Crippen MR) is 67.4 cm³/mol. The fourth-order valence-corrected chi connectivity index (χ4v) is 2.76. The molecule has 1 N–H and O–H groups in total. The van der Waals surface area contributed by atoms with E-state index in [9.17, 15) is 5.11 Å². The Bertz CT molecular complexity index is 346. The first-order valence-electron chi connectivity index (χ1n) is 5.67. The van der Waals surface area contributed by atoms with E-state index < -0.39 is 0 Å². The Morgan fingerprint density at radius 2 is 2.31 bits per heavy atom. The molecular formula is C13H17BrO2. The number of hydrogen-bond donors (Lipinski definition) is 1. The molecule has 88 valence electrons. The Labute approximate surface area is 105 Å². The molecule has 1 saturated heterocycles. The van der Waals surface area contributed by atoms with Crippen LogP contribution in [0.4, 0.5) is 0 Å². The zero-order chi connectivity index (χ0) is 11.4. The van der Waals surface area contributed by atoms with Crippen LogP contribution in [0.25, 0.3) is 0 Å². The lowest BCUT2D eigenvalue weighted by Gasteiger charge is -2.35. The highest BCUT2D eigenvalue weighted by Crippen LogP contribution is 2.32. The average molecular weight is 285 g/mol. The fraction of sp³-hybridized carbons (Fsp3) is 0.538. The van der Waals surface area contributed by atoms with Crippen LogP contribution in [0.3, 0.4) is 0 Å². The van der Waals surface area contributed by atoms with Gasteiger partial charge in [0.25, 0.3) is 0 Å². The number of benzene rings is 1. The molecule has 2 nitrogen and oxygen atoms in total. The van der Waals surface area contributed by atoms with Gasteiger partial charge in [-0.25, -0.2) is 0 Å². The van der Waals surface area contributed by atoms with Crippen LogP contribution in [0.5, 0.6) is 0 Å². The molecule has 1 aromatic rings. The normalized spacial score (nSPS) is 25.6. The monoisotopic (exact) mass is 284 g/mol. The van der Waals surface area contributed by atoms with Crippen LogP contribution >= 0.6 is 15.9 Å². The molecule has 1 fully saturated rings. The standard InChI is InChI=1S/C13H17BrO2/c14-12-4-1-3-11(7-12)8-13(9-15)5-2-6-16-10-13/h1,3-4,7,15H,2,5-6,8-10H2. The number of halogens is 1. The third kappa shape index (κ3) is 2.84. The Hall–Kier alpha value is -0.380. The van der Waals surface area contributed by atoms with Gasteiger partial charge in [-0.2, -0.15) is 0 Å². The molecule has 1 atom stereocenters. The number of hydrogen-bond acceptors (Lipinski definition) is 2. The molecule has 1 unspecified atom stereocenters. The van der Waals surface area contributed by atoms with Gasteiger partial charge in [0.2, 0.25) is 0 Å². The van der Waals surface area contributed by atoms with Crippen molar-refractivity contribution in [1.29, 1.82) is 0 Å². The number of ether oxygens (including phenoxy) is 1. The van der Waals surface area contributed by atoms with Crippen molar-refractivity contribution in [2.45, 2.75) is 19.3 Å². The van der Waals surface area contributed by atoms with Crippen molar-refractivity contribution in [3.63, 3.8) is 0 Å². The lowest BCUT2D eigenvalue weighted by atomic mass is 9.78. The van der Waals surface area contributed by atoms with E-state index in [2.05, 4.69) is 28.1 Å². The van der Waals surface area contributed by atoms with Crippen LogP contribution in [-0.4, -0.2) is 24.9 Å². The Morgan fingerprint density at radius 1 is 1.44 bits per heavy atom. The molecule has 1 heterocycles. The summed E-state index contributed by atoms with van der Waals surface area (Å²) >= 11 is 3.47. The van der Waals surface area contributed by atoms with Crippen LogP contribution in [0.15, 0.2) is 28.7 Å². The summed E-state index contributed by atoms with van der Waals surface area (Å²) in [6.07, 6.45) is 2.99. The summed E-state index contributed by atoms with van der Waals surface area (Å²) in [6.45, 7) is 1.72. The highest BCUT2D eigenvalue weighted by molar-refractivity contribution is 9.10. The first-order valence-corrected chi connectivity index (χ1v) is 6.46. The van der Waals surface area contributed by atoms with E-state index in [1.807, 2.05) is 12.1 Å². The highest BCUT2D eigenvalue weighted by atomic mass is 79.9. The predicted octanol–water partition coefficient (Wildman–Crippen LogP) is 2.78. The van der Waals surface area contributed by atoms with Gasteiger partial charge in [0.05, 0.1) is 13.2 Å². The molecule has 1 aliphatic heterocycles. The molecule has 1 aliphatic rings. The minimum Gasteiger partial charge on any atom is -0.396 e. The number of aliphatic hydroxyl groups is 1. The van der Waals surface area contributed by atoms with Gasteiger partial charge in [-0.1, -0.05) is 28.1 Å². The lowest BCUT2D eigenvalue weighted by Crippen LogP contribution is -2.37. The van der Waals surface area contributed by atoms with Crippen LogP contribution in [-0.2, 0) is 11.2 Å². The van der Waals surface area contributed by atoms with Gasteiger partial charge in [0.15, 0.2) is 0 Å². The quantitative estimate of drug-likeness (QED) is 0.925. The van der Waals surface area contributed by atoms with Crippen LogP contribution in [0.2, 0.25) is 0 Å². The zero-order valence-corrected chi connectivity index (χ0v) is 10.9. The SMILES string of the molecule is OCC1(Cc2cccc(Br)c2)CCCOC1. The van der Waals surface area contributed by atoms with Crippen LogP contribution in [0.1, 0.15) is 18.4 Å². The molecule has 0 bridgehead atoms. The molecule has 0 amide bonds. The summed E-state index contributed by atoms with van der Waals surface area (Å²) in [5.74, 6) is 0. The zero-order valence-electron chi connectivity index (χ0n) is 9.29. The summed E-state index contributed by atoms with van der Waals surface area (Å²) in [7, 11) is 0. The van der Waals surface area contributed by atoms with Gasteiger partial charge in [0.1, 0.15) is 0 Å². The maximum atomic E-state index is 9.58. The first kappa shape index (κ1) is 12.1. The van der Waals surface area contributed by atoms with E-state index in [0.29, 0.717) is 6.61 Å². The van der Waals surface area contributed by atoms with Gasteiger partial charge < -0.3 is 9.84 Å². The minimum absolute atomic E-state index is 0.0704. The summed E-state index contributed by atoms with van der Waals surface area (Å²) in [6, 6.07) is 8.28. The molecule has 3 heteroatoms. The third-order valence-electron chi connectivity index (χ3n) is 3.21. The molecule has 0 aromatic heterocycles. The summed E-state index contributed by atoms with van der Waals surface area (Å²) in [5.41, 5.74) is 1.19. The van der Waals surface area contributed by atoms with Crippen molar-refractivity contribution < 1.29 is 9.84 Å². The van der Waals surface area contributed by atoms with Gasteiger partial charge >= 0.3 is 0 Å². The Balaban J connectivity index is 2.11. The molecule has 0 spiro atoms. The van der Waals surface area contributed by atoms with E-state index in [1.54, 1.807) is 0 Å². The van der Waals surface area contributed by atoms with E-state index in [1.165, 1.54) is 5.56 Å². The summed E-state index contributed by atoms with van der Waals surface area (Å²) < 4.78 is 6.60. The van der Waals surface area contributed by atoms with Crippen LogP contribution < -0.4 is 0 Å². The minimum atomic E-state index is -0.0704. The van der Waals surface area contributed by atoms with Gasteiger partial charge in [-0.3, -0.25) is 0 Å². The molecule has 0 aliphatic carbocycles. The van der Waals surface area contributed by atoms with Crippen molar-refractivity contribution in [3.05, 3.63) is 34.3 Å². The van der Waals surface area contributed by atoms with Crippen molar-refractivity contribution in [2.24, 2.45) is 5.41 Å². The number of rotatable bonds is 3. The molecule has 2 rings (SSSR count). The summed E-state index contributed by atoms with van der Waals surface area (Å²) in [4.78, 5) is 0. The van der Waals surface area contributed by atoms with E-state index in [4.69, 9.17) is 4.74 Å². The Morgan fingerprint density at radius 3 is 2.94 bits per heavy atom. The largest absolute Gasteiger partial charge is 0.396 e. The highest BCUT2D eigenvalue weighted by Gasteiger charge is 2.32. The average Bonchev–Trinajstić information content (AvgIpc) is 2.30. The van der Waals surface area contributed by atoms with Gasteiger partial charge in [-0.05, 0) is 37.0 Å². The van der Waals surface area contributed by atoms with Crippen molar-refractivity contribution in [2.75, 3.05) is 19.8 Å². The number of aliphatic hydroxyl groups excluding tert-OH is 1. The van der Waals surface area contributed by atoms with E-state index in [-0.39, 0.29) is 12.0 Å². The third-order valence-corrected chi connectivity index (χ3v) is 3.70. The first-order chi connectivity index (χ1) is 7.74. The second kappa shape index (κ2) is 5.30. The molecule has 16 heavy (non-hydrogen) atoms. The van der Waals surface area contributed by atoms with E-state index >= 15 is 0 Å². The Kier molecular flexibility index (Phi) is 4.00. The maximum Gasteiger partial charge on any atom is 0.0547 e.